The van der Waals surface area contributed by atoms with Crippen molar-refractivity contribution in [1.82, 2.24) is 19.7 Å². The number of likely N-dealkylation sites (tertiary alicyclic amines) is 1. The third-order valence-corrected chi connectivity index (χ3v) is 7.87. The van der Waals surface area contributed by atoms with Crippen molar-refractivity contribution in [3.63, 3.8) is 0 Å². The molecule has 0 radical (unpaired) electrons. The minimum Gasteiger partial charge on any atom is -0.493 e. The Morgan fingerprint density at radius 2 is 1.84 bits per heavy atom. The number of urea groups is 1. The highest BCUT2D eigenvalue weighted by molar-refractivity contribution is 6.19. The molecule has 3 atom stereocenters. The second kappa shape index (κ2) is 10.1. The van der Waals surface area contributed by atoms with Gasteiger partial charge in [0.1, 0.15) is 5.41 Å². The van der Waals surface area contributed by atoms with E-state index >= 15 is 0 Å². The van der Waals surface area contributed by atoms with E-state index in [0.717, 1.165) is 17.0 Å². The zero-order chi connectivity index (χ0) is 27.0. The number of pyridine rings is 1. The van der Waals surface area contributed by atoms with Crippen LogP contribution in [0, 0.1) is 11.3 Å². The van der Waals surface area contributed by atoms with E-state index in [-0.39, 0.29) is 36.9 Å². The molecule has 5 rings (SSSR count). The zero-order valence-electron chi connectivity index (χ0n) is 21.6. The molecule has 4 amide bonds. The highest BCUT2D eigenvalue weighted by Gasteiger charge is 2.55. The monoisotopic (exact) mass is 520 g/mol. The fourth-order valence-electron chi connectivity index (χ4n) is 6.22. The Bertz CT molecular complexity index is 1350. The van der Waals surface area contributed by atoms with Crippen LogP contribution in [0.1, 0.15) is 23.6 Å². The number of fused-ring (bicyclic) bond motifs is 4. The Hall–Kier alpha value is -3.92. The summed E-state index contributed by atoms with van der Waals surface area (Å²) in [6.07, 6.45) is 2.49. The summed E-state index contributed by atoms with van der Waals surface area (Å²) in [5, 5.41) is 2.42. The second-order valence-electron chi connectivity index (χ2n) is 10.3. The van der Waals surface area contributed by atoms with Crippen molar-refractivity contribution in [1.29, 1.82) is 0 Å². The van der Waals surface area contributed by atoms with Crippen LogP contribution in [0.5, 0.6) is 11.5 Å². The number of barbiturate groups is 1. The standard InChI is InChI=1S/C28H32N4O6/c1-4-10-31-26(35)28(25(34)29-27(31)36,13-18-8-9-22(37-2)23(12-18)38-3)17-30-14-19-11-20(16-30)21-6-5-7-24(33)32(21)15-19/h4-9,12,19-20H,1,10-11,13-17H2,2-3H3,(H,29,34,36)/t19-,20-,28+/m1/s1. The number of imide groups is 2. The molecule has 0 spiro atoms. The normalized spacial score (nSPS) is 25.0. The number of rotatable bonds is 8. The number of hydrogen-bond acceptors (Lipinski definition) is 7. The number of ether oxygens (including phenoxy) is 2. The SMILES string of the molecule is C=CCN1C(=O)NC(=O)[C@](Cc2ccc(OC)c(OC)c2)(CN2C[C@H]3C[C@H](C2)c2cccc(=O)n2C3)C1=O. The van der Waals surface area contributed by atoms with E-state index in [1.54, 1.807) is 30.3 Å². The maximum Gasteiger partial charge on any atom is 0.331 e. The summed E-state index contributed by atoms with van der Waals surface area (Å²) in [5.41, 5.74) is 0.137. The Morgan fingerprint density at radius 1 is 1.05 bits per heavy atom. The molecule has 0 unspecified atom stereocenters. The van der Waals surface area contributed by atoms with Gasteiger partial charge in [0.2, 0.25) is 11.8 Å². The molecule has 10 heteroatoms. The first-order valence-electron chi connectivity index (χ1n) is 12.7. The van der Waals surface area contributed by atoms with Gasteiger partial charge in [0, 0.05) is 50.4 Å². The molecular formula is C28H32N4O6. The van der Waals surface area contributed by atoms with E-state index in [1.165, 1.54) is 20.3 Å². The van der Waals surface area contributed by atoms with E-state index in [4.69, 9.17) is 9.47 Å². The predicted octanol–water partition coefficient (Wildman–Crippen LogP) is 1.78. The molecule has 4 heterocycles. The third kappa shape index (κ3) is 4.38. The topological polar surface area (TPSA) is 110 Å². The number of carbonyl (C=O) groups is 3. The van der Waals surface area contributed by atoms with E-state index < -0.39 is 23.3 Å². The molecule has 1 aromatic carbocycles. The number of piperidine rings is 1. The molecule has 0 aliphatic carbocycles. The molecule has 2 fully saturated rings. The summed E-state index contributed by atoms with van der Waals surface area (Å²) in [7, 11) is 3.06. The molecule has 3 aliphatic heterocycles. The van der Waals surface area contributed by atoms with E-state index in [9.17, 15) is 19.2 Å². The Morgan fingerprint density at radius 3 is 2.58 bits per heavy atom. The average molecular weight is 521 g/mol. The first-order chi connectivity index (χ1) is 18.3. The quantitative estimate of drug-likeness (QED) is 0.417. The Kier molecular flexibility index (Phi) is 6.83. The van der Waals surface area contributed by atoms with Crippen molar-refractivity contribution in [2.24, 2.45) is 11.3 Å². The van der Waals surface area contributed by atoms with Crippen LogP contribution in [0.3, 0.4) is 0 Å². The molecule has 2 aromatic rings. The summed E-state index contributed by atoms with van der Waals surface area (Å²) in [5.74, 6) is 0.181. The number of nitrogens with one attached hydrogen (secondary N) is 1. The van der Waals surface area contributed by atoms with Gasteiger partial charge in [0.15, 0.2) is 11.5 Å². The summed E-state index contributed by atoms with van der Waals surface area (Å²) in [4.78, 5) is 55.8. The van der Waals surface area contributed by atoms with E-state index in [1.807, 2.05) is 10.6 Å². The molecule has 3 aliphatic rings. The zero-order valence-corrected chi connectivity index (χ0v) is 21.6. The van der Waals surface area contributed by atoms with Crippen LogP contribution in [-0.4, -0.2) is 72.6 Å². The van der Waals surface area contributed by atoms with Gasteiger partial charge in [-0.05, 0) is 42.5 Å². The smallest absolute Gasteiger partial charge is 0.331 e. The van der Waals surface area contributed by atoms with Gasteiger partial charge in [0.25, 0.3) is 5.56 Å². The highest BCUT2D eigenvalue weighted by Crippen LogP contribution is 2.39. The summed E-state index contributed by atoms with van der Waals surface area (Å²) >= 11 is 0. The van der Waals surface area contributed by atoms with Crippen LogP contribution < -0.4 is 20.3 Å². The lowest BCUT2D eigenvalue weighted by molar-refractivity contribution is -0.153. The molecule has 0 saturated carbocycles. The number of nitrogens with zero attached hydrogens (tertiary/aromatic N) is 3. The van der Waals surface area contributed by atoms with Crippen molar-refractivity contribution in [2.75, 3.05) is 40.4 Å². The third-order valence-electron chi connectivity index (χ3n) is 7.87. The first kappa shape index (κ1) is 25.7. The number of carbonyl (C=O) groups excluding carboxylic acids is 3. The van der Waals surface area contributed by atoms with Gasteiger partial charge in [-0.1, -0.05) is 18.2 Å². The fourth-order valence-corrected chi connectivity index (χ4v) is 6.22. The van der Waals surface area contributed by atoms with Crippen molar-refractivity contribution in [2.45, 2.75) is 25.3 Å². The lowest BCUT2D eigenvalue weighted by Crippen LogP contribution is -2.68. The van der Waals surface area contributed by atoms with Crippen molar-refractivity contribution < 1.29 is 23.9 Å². The lowest BCUT2D eigenvalue weighted by Gasteiger charge is -2.47. The lowest BCUT2D eigenvalue weighted by atomic mass is 9.75. The maximum atomic E-state index is 14.0. The highest BCUT2D eigenvalue weighted by atomic mass is 16.5. The van der Waals surface area contributed by atoms with Crippen molar-refractivity contribution in [3.05, 3.63) is 70.7 Å². The van der Waals surface area contributed by atoms with Gasteiger partial charge in [-0.25, -0.2) is 4.79 Å². The summed E-state index contributed by atoms with van der Waals surface area (Å²) in [6.45, 7) is 5.64. The molecule has 2 saturated heterocycles. The minimum atomic E-state index is -1.54. The molecular weight excluding hydrogens is 488 g/mol. The Labute approximate surface area is 220 Å². The second-order valence-corrected chi connectivity index (χ2v) is 10.3. The number of methoxy groups -OCH3 is 2. The molecule has 10 nitrogen and oxygen atoms in total. The molecule has 1 aromatic heterocycles. The van der Waals surface area contributed by atoms with Crippen LogP contribution in [0.2, 0.25) is 0 Å². The van der Waals surface area contributed by atoms with Crippen LogP contribution in [-0.2, 0) is 22.6 Å². The maximum absolute atomic E-state index is 14.0. The van der Waals surface area contributed by atoms with Gasteiger partial charge in [-0.2, -0.15) is 0 Å². The van der Waals surface area contributed by atoms with E-state index in [2.05, 4.69) is 16.8 Å². The summed E-state index contributed by atoms with van der Waals surface area (Å²) in [6, 6.07) is 9.88. The molecule has 200 valence electrons. The van der Waals surface area contributed by atoms with Crippen LogP contribution in [0.25, 0.3) is 0 Å². The number of hydrogen-bond donors (Lipinski definition) is 1. The number of aromatic nitrogens is 1. The van der Waals surface area contributed by atoms with E-state index in [0.29, 0.717) is 36.7 Å². The van der Waals surface area contributed by atoms with Gasteiger partial charge < -0.3 is 18.9 Å². The van der Waals surface area contributed by atoms with Gasteiger partial charge in [-0.15, -0.1) is 6.58 Å². The van der Waals surface area contributed by atoms with Gasteiger partial charge in [0.05, 0.1) is 14.2 Å². The summed E-state index contributed by atoms with van der Waals surface area (Å²) < 4.78 is 12.6. The van der Waals surface area contributed by atoms with Crippen molar-refractivity contribution in [3.8, 4) is 11.5 Å². The van der Waals surface area contributed by atoms with Crippen LogP contribution >= 0.6 is 0 Å². The predicted molar refractivity (Wildman–Crippen MR) is 139 cm³/mol. The molecule has 2 bridgehead atoms. The minimum absolute atomic E-state index is 0.00371. The van der Waals surface area contributed by atoms with Crippen molar-refractivity contribution >= 4 is 17.8 Å². The molecule has 38 heavy (non-hydrogen) atoms. The van der Waals surface area contributed by atoms with Crippen LogP contribution in [0.4, 0.5) is 4.79 Å². The fraction of sp³-hybridized carbons (Fsp3) is 0.429. The number of benzene rings is 1. The largest absolute Gasteiger partial charge is 0.493 e. The van der Waals surface area contributed by atoms with Gasteiger partial charge >= 0.3 is 6.03 Å². The van der Waals surface area contributed by atoms with Crippen LogP contribution in [0.15, 0.2) is 53.8 Å². The number of amides is 4. The molecule has 1 N–H and O–H groups in total. The van der Waals surface area contributed by atoms with Gasteiger partial charge in [-0.3, -0.25) is 24.6 Å². The first-order valence-corrected chi connectivity index (χ1v) is 12.7. The average Bonchev–Trinajstić information content (AvgIpc) is 2.90. The Balaban J connectivity index is 1.51.